The van der Waals surface area contributed by atoms with Crippen LogP contribution in [-0.2, 0) is 6.42 Å². The number of hydrogen-bond acceptors (Lipinski definition) is 2. The van der Waals surface area contributed by atoms with Gasteiger partial charge in [-0.1, -0.05) is 31.2 Å². The first kappa shape index (κ1) is 13.6. The summed E-state index contributed by atoms with van der Waals surface area (Å²) in [6.07, 6.45) is 1.02. The van der Waals surface area contributed by atoms with Gasteiger partial charge in [0.25, 0.3) is 0 Å². The van der Waals surface area contributed by atoms with Crippen LogP contribution in [-0.4, -0.2) is 7.05 Å². The smallest absolute Gasteiger partial charge is 0.127 e. The number of benzene rings is 2. The van der Waals surface area contributed by atoms with Gasteiger partial charge < -0.3 is 10.1 Å². The molecule has 0 radical (unpaired) electrons. The molecule has 0 fully saturated rings. The Morgan fingerprint density at radius 3 is 2.42 bits per heavy atom. The molecule has 0 bridgehead atoms. The van der Waals surface area contributed by atoms with Gasteiger partial charge >= 0.3 is 0 Å². The minimum absolute atomic E-state index is 0.359. The van der Waals surface area contributed by atoms with Gasteiger partial charge in [-0.3, -0.25) is 0 Å². The molecule has 0 aliphatic rings. The SMILES string of the molecule is CCc1cccc(Oc2ccc(C(C)NC)cc2)c1. The van der Waals surface area contributed by atoms with Crippen LogP contribution in [0.25, 0.3) is 0 Å². The van der Waals surface area contributed by atoms with Crippen molar-refractivity contribution >= 4 is 0 Å². The molecule has 1 atom stereocenters. The van der Waals surface area contributed by atoms with Crippen LogP contribution in [0.3, 0.4) is 0 Å². The third-order valence-electron chi connectivity index (χ3n) is 3.36. The van der Waals surface area contributed by atoms with Crippen LogP contribution in [0.15, 0.2) is 48.5 Å². The summed E-state index contributed by atoms with van der Waals surface area (Å²) in [5.41, 5.74) is 2.55. The highest BCUT2D eigenvalue weighted by molar-refractivity contribution is 5.35. The van der Waals surface area contributed by atoms with Crippen molar-refractivity contribution in [3.8, 4) is 11.5 Å². The maximum atomic E-state index is 5.87. The number of hydrogen-bond donors (Lipinski definition) is 1. The van der Waals surface area contributed by atoms with Crippen molar-refractivity contribution < 1.29 is 4.74 Å². The summed E-state index contributed by atoms with van der Waals surface area (Å²) in [6, 6.07) is 16.8. The van der Waals surface area contributed by atoms with Crippen LogP contribution in [0.2, 0.25) is 0 Å². The van der Waals surface area contributed by atoms with Gasteiger partial charge in [0.15, 0.2) is 0 Å². The Kier molecular flexibility index (Phi) is 4.58. The average molecular weight is 255 g/mol. The van der Waals surface area contributed by atoms with E-state index in [1.54, 1.807) is 0 Å². The van der Waals surface area contributed by atoms with Gasteiger partial charge in [0.2, 0.25) is 0 Å². The first-order valence-corrected chi connectivity index (χ1v) is 6.77. The maximum Gasteiger partial charge on any atom is 0.127 e. The number of rotatable bonds is 5. The van der Waals surface area contributed by atoms with Crippen molar-refractivity contribution in [2.45, 2.75) is 26.3 Å². The quantitative estimate of drug-likeness (QED) is 0.859. The van der Waals surface area contributed by atoms with Crippen molar-refractivity contribution in [2.75, 3.05) is 7.05 Å². The van der Waals surface area contributed by atoms with Crippen LogP contribution in [0.5, 0.6) is 11.5 Å². The van der Waals surface area contributed by atoms with Crippen molar-refractivity contribution in [1.82, 2.24) is 5.32 Å². The van der Waals surface area contributed by atoms with E-state index in [-0.39, 0.29) is 0 Å². The van der Waals surface area contributed by atoms with E-state index >= 15 is 0 Å². The summed E-state index contributed by atoms with van der Waals surface area (Å²) < 4.78 is 5.87. The molecule has 0 aromatic heterocycles. The molecule has 2 aromatic rings. The molecule has 2 rings (SSSR count). The molecule has 1 unspecified atom stereocenters. The van der Waals surface area contributed by atoms with Crippen LogP contribution >= 0.6 is 0 Å². The van der Waals surface area contributed by atoms with Gasteiger partial charge in [0.1, 0.15) is 11.5 Å². The highest BCUT2D eigenvalue weighted by Gasteiger charge is 2.03. The van der Waals surface area contributed by atoms with E-state index in [1.807, 2.05) is 31.3 Å². The molecule has 1 N–H and O–H groups in total. The predicted octanol–water partition coefficient (Wildman–Crippen LogP) is 4.32. The van der Waals surface area contributed by atoms with Crippen LogP contribution in [0.1, 0.15) is 31.0 Å². The Hall–Kier alpha value is -1.80. The molecular weight excluding hydrogens is 234 g/mol. The van der Waals surface area contributed by atoms with Gasteiger partial charge in [0.05, 0.1) is 0 Å². The molecule has 0 aliphatic carbocycles. The summed E-state index contributed by atoms with van der Waals surface area (Å²) >= 11 is 0. The molecule has 0 saturated heterocycles. The molecule has 0 amide bonds. The minimum atomic E-state index is 0.359. The monoisotopic (exact) mass is 255 g/mol. The summed E-state index contributed by atoms with van der Waals surface area (Å²) in [5, 5.41) is 3.22. The van der Waals surface area contributed by atoms with E-state index in [2.05, 4.69) is 43.4 Å². The molecule has 0 spiro atoms. The Morgan fingerprint density at radius 2 is 1.79 bits per heavy atom. The Morgan fingerprint density at radius 1 is 1.05 bits per heavy atom. The third kappa shape index (κ3) is 3.58. The fourth-order valence-electron chi connectivity index (χ4n) is 1.96. The standard InChI is InChI=1S/C17H21NO/c1-4-14-6-5-7-17(12-14)19-16-10-8-15(9-11-16)13(2)18-3/h5-13,18H,4H2,1-3H3. The normalized spacial score (nSPS) is 12.2. The second-order valence-corrected chi connectivity index (χ2v) is 4.68. The number of ether oxygens (including phenoxy) is 1. The minimum Gasteiger partial charge on any atom is -0.457 e. The largest absolute Gasteiger partial charge is 0.457 e. The van der Waals surface area contributed by atoms with Crippen LogP contribution in [0.4, 0.5) is 0 Å². The number of nitrogens with one attached hydrogen (secondary N) is 1. The van der Waals surface area contributed by atoms with Gasteiger partial charge in [0, 0.05) is 6.04 Å². The summed E-state index contributed by atoms with van der Waals surface area (Å²) in [6.45, 7) is 4.29. The lowest BCUT2D eigenvalue weighted by atomic mass is 10.1. The first-order chi connectivity index (χ1) is 9.22. The molecule has 2 nitrogen and oxygen atoms in total. The van der Waals surface area contributed by atoms with E-state index in [0.29, 0.717) is 6.04 Å². The second kappa shape index (κ2) is 6.39. The second-order valence-electron chi connectivity index (χ2n) is 4.68. The lowest BCUT2D eigenvalue weighted by Gasteiger charge is -2.12. The fraction of sp³-hybridized carbons (Fsp3) is 0.294. The zero-order valence-electron chi connectivity index (χ0n) is 11.8. The topological polar surface area (TPSA) is 21.3 Å². The summed E-state index contributed by atoms with van der Waals surface area (Å²) in [5.74, 6) is 1.77. The highest BCUT2D eigenvalue weighted by atomic mass is 16.5. The zero-order chi connectivity index (χ0) is 13.7. The average Bonchev–Trinajstić information content (AvgIpc) is 2.47. The summed E-state index contributed by atoms with van der Waals surface area (Å²) in [4.78, 5) is 0. The third-order valence-corrected chi connectivity index (χ3v) is 3.36. The van der Waals surface area contributed by atoms with E-state index in [9.17, 15) is 0 Å². The predicted molar refractivity (Wildman–Crippen MR) is 79.8 cm³/mol. The molecular formula is C17H21NO. The molecule has 0 heterocycles. The Bertz CT molecular complexity index is 519. The zero-order valence-corrected chi connectivity index (χ0v) is 11.8. The van der Waals surface area contributed by atoms with Crippen molar-refractivity contribution in [2.24, 2.45) is 0 Å². The van der Waals surface area contributed by atoms with Crippen molar-refractivity contribution in [3.63, 3.8) is 0 Å². The molecule has 100 valence electrons. The van der Waals surface area contributed by atoms with E-state index < -0.39 is 0 Å². The molecule has 2 aromatic carbocycles. The molecule has 0 aliphatic heterocycles. The van der Waals surface area contributed by atoms with Gasteiger partial charge in [-0.15, -0.1) is 0 Å². The Labute approximate surface area is 115 Å². The van der Waals surface area contributed by atoms with Crippen LogP contribution in [0, 0.1) is 0 Å². The van der Waals surface area contributed by atoms with Gasteiger partial charge in [-0.25, -0.2) is 0 Å². The molecule has 19 heavy (non-hydrogen) atoms. The maximum absolute atomic E-state index is 5.87. The highest BCUT2D eigenvalue weighted by Crippen LogP contribution is 2.24. The van der Waals surface area contributed by atoms with E-state index in [1.165, 1.54) is 11.1 Å². The van der Waals surface area contributed by atoms with E-state index in [0.717, 1.165) is 17.9 Å². The number of aryl methyl sites for hydroxylation is 1. The van der Waals surface area contributed by atoms with Gasteiger partial charge in [-0.2, -0.15) is 0 Å². The fourth-order valence-corrected chi connectivity index (χ4v) is 1.96. The first-order valence-electron chi connectivity index (χ1n) is 6.77. The van der Waals surface area contributed by atoms with Crippen LogP contribution < -0.4 is 10.1 Å². The Balaban J connectivity index is 2.10. The van der Waals surface area contributed by atoms with Crippen molar-refractivity contribution in [3.05, 3.63) is 59.7 Å². The van der Waals surface area contributed by atoms with E-state index in [4.69, 9.17) is 4.74 Å². The summed E-state index contributed by atoms with van der Waals surface area (Å²) in [7, 11) is 1.96. The molecule has 2 heteroatoms. The molecule has 0 saturated carbocycles. The van der Waals surface area contributed by atoms with Crippen molar-refractivity contribution in [1.29, 1.82) is 0 Å². The lowest BCUT2D eigenvalue weighted by molar-refractivity contribution is 0.481. The lowest BCUT2D eigenvalue weighted by Crippen LogP contribution is -2.11. The van der Waals surface area contributed by atoms with Gasteiger partial charge in [-0.05, 0) is 55.8 Å².